The molecule has 0 radical (unpaired) electrons. The van der Waals surface area contributed by atoms with Crippen molar-refractivity contribution >= 4 is 11.9 Å². The van der Waals surface area contributed by atoms with E-state index in [-0.39, 0.29) is 18.1 Å². The molecule has 20 heavy (non-hydrogen) atoms. The largest absolute Gasteiger partial charge is 0.461 e. The lowest BCUT2D eigenvalue weighted by molar-refractivity contribution is 0.130. The Morgan fingerprint density at radius 1 is 1.30 bits per heavy atom. The van der Waals surface area contributed by atoms with E-state index in [1.54, 1.807) is 0 Å². The summed E-state index contributed by atoms with van der Waals surface area (Å²) >= 11 is 0. The van der Waals surface area contributed by atoms with Crippen molar-refractivity contribution in [3.05, 3.63) is 0 Å². The maximum absolute atomic E-state index is 5.68. The van der Waals surface area contributed by atoms with Crippen molar-refractivity contribution in [2.45, 2.75) is 32.8 Å². The molecule has 0 bridgehead atoms. The van der Waals surface area contributed by atoms with Gasteiger partial charge in [-0.25, -0.2) is 0 Å². The zero-order valence-electron chi connectivity index (χ0n) is 12.4. The first-order valence-electron chi connectivity index (χ1n) is 7.01. The predicted molar refractivity (Wildman–Crippen MR) is 76.8 cm³/mol. The van der Waals surface area contributed by atoms with Crippen LogP contribution in [0.2, 0.25) is 0 Å². The Hall–Kier alpha value is -1.63. The van der Waals surface area contributed by atoms with Gasteiger partial charge in [0.2, 0.25) is 11.9 Å². The molecule has 0 amide bonds. The van der Waals surface area contributed by atoms with Crippen LogP contribution in [0.1, 0.15) is 26.7 Å². The lowest BCUT2D eigenvalue weighted by Gasteiger charge is -2.18. The molecular formula is C13H23N5O2. The number of ether oxygens (including phenoxy) is 2. The molecule has 7 heteroatoms. The molecule has 1 aromatic heterocycles. The molecule has 0 saturated heterocycles. The van der Waals surface area contributed by atoms with Crippen LogP contribution in [0.4, 0.5) is 11.9 Å². The van der Waals surface area contributed by atoms with Crippen LogP contribution in [0.25, 0.3) is 0 Å². The van der Waals surface area contributed by atoms with Crippen LogP contribution in [0.3, 0.4) is 0 Å². The summed E-state index contributed by atoms with van der Waals surface area (Å²) in [7, 11) is 1.90. The number of hydrogen-bond acceptors (Lipinski definition) is 7. The number of aromatic nitrogens is 3. The number of likely N-dealkylation sites (N-methyl/N-ethyl adjacent to an activating group) is 1. The summed E-state index contributed by atoms with van der Waals surface area (Å²) in [5.74, 6) is 1.44. The SMILES string of the molecule is CC(C)Oc1nc(N)nc(N(C)CCOCC2CC2)n1. The maximum atomic E-state index is 5.68. The lowest BCUT2D eigenvalue weighted by Crippen LogP contribution is -2.26. The van der Waals surface area contributed by atoms with E-state index in [0.717, 1.165) is 12.5 Å². The fraction of sp³-hybridized carbons (Fsp3) is 0.769. The summed E-state index contributed by atoms with van der Waals surface area (Å²) in [5, 5.41) is 0. The highest BCUT2D eigenvalue weighted by Crippen LogP contribution is 2.28. The average Bonchev–Trinajstić information content (AvgIpc) is 3.16. The van der Waals surface area contributed by atoms with Gasteiger partial charge in [0, 0.05) is 20.2 Å². The molecular weight excluding hydrogens is 258 g/mol. The molecule has 1 aliphatic carbocycles. The van der Waals surface area contributed by atoms with Gasteiger partial charge in [0.15, 0.2) is 0 Å². The minimum Gasteiger partial charge on any atom is -0.461 e. The van der Waals surface area contributed by atoms with Gasteiger partial charge in [-0.05, 0) is 32.6 Å². The molecule has 112 valence electrons. The standard InChI is InChI=1S/C13H23N5O2/c1-9(2)20-13-16-11(14)15-12(17-13)18(3)6-7-19-8-10-4-5-10/h9-10H,4-8H2,1-3H3,(H2,14,15,16,17). The second-order valence-electron chi connectivity index (χ2n) is 5.38. The molecule has 1 fully saturated rings. The van der Waals surface area contributed by atoms with Gasteiger partial charge in [-0.3, -0.25) is 0 Å². The van der Waals surface area contributed by atoms with Gasteiger partial charge in [0.1, 0.15) is 0 Å². The van der Waals surface area contributed by atoms with E-state index in [9.17, 15) is 0 Å². The molecule has 1 saturated carbocycles. The Morgan fingerprint density at radius 3 is 2.70 bits per heavy atom. The van der Waals surface area contributed by atoms with E-state index in [2.05, 4.69) is 15.0 Å². The molecule has 7 nitrogen and oxygen atoms in total. The van der Waals surface area contributed by atoms with Gasteiger partial charge in [-0.15, -0.1) is 0 Å². The molecule has 0 aliphatic heterocycles. The van der Waals surface area contributed by atoms with Crippen LogP contribution in [-0.4, -0.2) is 47.9 Å². The van der Waals surface area contributed by atoms with Crippen LogP contribution < -0.4 is 15.4 Å². The second-order valence-corrected chi connectivity index (χ2v) is 5.38. The van der Waals surface area contributed by atoms with Gasteiger partial charge in [0.25, 0.3) is 0 Å². The maximum Gasteiger partial charge on any atom is 0.323 e. The molecule has 0 spiro atoms. The van der Waals surface area contributed by atoms with Crippen LogP contribution in [-0.2, 0) is 4.74 Å². The van der Waals surface area contributed by atoms with Crippen molar-refractivity contribution in [3.63, 3.8) is 0 Å². The molecule has 1 aromatic rings. The highest BCUT2D eigenvalue weighted by atomic mass is 16.5. The zero-order chi connectivity index (χ0) is 14.5. The summed E-state index contributed by atoms with van der Waals surface area (Å²) in [5.41, 5.74) is 5.68. The molecule has 0 atom stereocenters. The van der Waals surface area contributed by atoms with Crippen molar-refractivity contribution in [2.75, 3.05) is 37.4 Å². The van der Waals surface area contributed by atoms with Crippen LogP contribution in [0.15, 0.2) is 0 Å². The van der Waals surface area contributed by atoms with Crippen molar-refractivity contribution in [2.24, 2.45) is 5.92 Å². The number of nitrogen functional groups attached to an aromatic ring is 1. The van der Waals surface area contributed by atoms with Gasteiger partial charge in [-0.2, -0.15) is 15.0 Å². The van der Waals surface area contributed by atoms with E-state index in [1.165, 1.54) is 12.8 Å². The Labute approximate surface area is 119 Å². The summed E-state index contributed by atoms with van der Waals surface area (Å²) in [6, 6.07) is 0.258. The lowest BCUT2D eigenvalue weighted by atomic mass is 10.5. The summed E-state index contributed by atoms with van der Waals surface area (Å²) in [6.07, 6.45) is 2.60. The molecule has 1 aliphatic rings. The van der Waals surface area contributed by atoms with Gasteiger partial charge in [0.05, 0.1) is 12.7 Å². The highest BCUT2D eigenvalue weighted by Gasteiger charge is 2.21. The third-order valence-electron chi connectivity index (χ3n) is 2.92. The minimum absolute atomic E-state index is 0.00293. The molecule has 2 rings (SSSR count). The van der Waals surface area contributed by atoms with E-state index in [1.807, 2.05) is 25.8 Å². The molecule has 2 N–H and O–H groups in total. The van der Waals surface area contributed by atoms with Gasteiger partial charge in [-0.1, -0.05) is 0 Å². The van der Waals surface area contributed by atoms with E-state index in [4.69, 9.17) is 15.2 Å². The van der Waals surface area contributed by atoms with Crippen molar-refractivity contribution < 1.29 is 9.47 Å². The topological polar surface area (TPSA) is 86.4 Å². The van der Waals surface area contributed by atoms with E-state index >= 15 is 0 Å². The number of nitrogens with zero attached hydrogens (tertiary/aromatic N) is 4. The average molecular weight is 281 g/mol. The first-order valence-corrected chi connectivity index (χ1v) is 7.01. The monoisotopic (exact) mass is 281 g/mol. The molecule has 0 aromatic carbocycles. The number of nitrogens with two attached hydrogens (primary N) is 1. The fourth-order valence-corrected chi connectivity index (χ4v) is 1.63. The predicted octanol–water partition coefficient (Wildman–Crippen LogP) is 1.10. The Kier molecular flexibility index (Phi) is 4.94. The number of hydrogen-bond donors (Lipinski definition) is 1. The first kappa shape index (κ1) is 14.8. The van der Waals surface area contributed by atoms with Crippen LogP contribution in [0, 0.1) is 5.92 Å². The van der Waals surface area contributed by atoms with Gasteiger partial charge < -0.3 is 20.1 Å². The van der Waals surface area contributed by atoms with Gasteiger partial charge >= 0.3 is 6.01 Å². The minimum atomic E-state index is -0.00293. The third kappa shape index (κ3) is 4.80. The third-order valence-corrected chi connectivity index (χ3v) is 2.92. The van der Waals surface area contributed by atoms with Crippen LogP contribution >= 0.6 is 0 Å². The Balaban J connectivity index is 1.86. The number of anilines is 2. The normalized spacial score (nSPS) is 14.6. The smallest absolute Gasteiger partial charge is 0.323 e. The quantitative estimate of drug-likeness (QED) is 0.714. The van der Waals surface area contributed by atoms with Crippen molar-refractivity contribution in [1.29, 1.82) is 0 Å². The highest BCUT2D eigenvalue weighted by molar-refractivity contribution is 5.34. The Morgan fingerprint density at radius 2 is 2.05 bits per heavy atom. The zero-order valence-corrected chi connectivity index (χ0v) is 12.4. The first-order chi connectivity index (χ1) is 9.54. The van der Waals surface area contributed by atoms with Crippen molar-refractivity contribution in [1.82, 2.24) is 15.0 Å². The van der Waals surface area contributed by atoms with Crippen molar-refractivity contribution in [3.8, 4) is 6.01 Å². The summed E-state index contributed by atoms with van der Waals surface area (Å²) < 4.78 is 11.1. The van der Waals surface area contributed by atoms with E-state index < -0.39 is 0 Å². The summed E-state index contributed by atoms with van der Waals surface area (Å²) in [4.78, 5) is 14.2. The molecule has 1 heterocycles. The summed E-state index contributed by atoms with van der Waals surface area (Å²) in [6.45, 7) is 6.04. The molecule has 0 unspecified atom stereocenters. The second kappa shape index (κ2) is 6.69. The Bertz CT molecular complexity index is 437. The van der Waals surface area contributed by atoms with E-state index in [0.29, 0.717) is 19.1 Å². The van der Waals surface area contributed by atoms with Crippen LogP contribution in [0.5, 0.6) is 6.01 Å². The fourth-order valence-electron chi connectivity index (χ4n) is 1.63. The number of rotatable bonds is 8.